The van der Waals surface area contributed by atoms with Crippen molar-refractivity contribution in [3.63, 3.8) is 0 Å². The summed E-state index contributed by atoms with van der Waals surface area (Å²) in [5.74, 6) is -0.355. The van der Waals surface area contributed by atoms with Gasteiger partial charge < -0.3 is 15.5 Å². The van der Waals surface area contributed by atoms with Crippen LogP contribution < -0.4 is 15.5 Å². The molecule has 1 aromatic heterocycles. The molecule has 29 heavy (non-hydrogen) atoms. The number of hydrogen-bond acceptors (Lipinski definition) is 5. The van der Waals surface area contributed by atoms with Gasteiger partial charge in [0.25, 0.3) is 5.91 Å². The molecule has 2 N–H and O–H groups in total. The van der Waals surface area contributed by atoms with Crippen LogP contribution in [0.1, 0.15) is 28.9 Å². The van der Waals surface area contributed by atoms with Crippen LogP contribution in [-0.4, -0.2) is 29.0 Å². The van der Waals surface area contributed by atoms with Gasteiger partial charge in [-0.2, -0.15) is 0 Å². The molecule has 1 aliphatic heterocycles. The lowest BCUT2D eigenvalue weighted by atomic mass is 10.2. The second-order valence-corrected chi connectivity index (χ2v) is 6.91. The first-order valence-electron chi connectivity index (χ1n) is 9.66. The fourth-order valence-corrected chi connectivity index (χ4v) is 3.31. The first kappa shape index (κ1) is 18.9. The lowest BCUT2D eigenvalue weighted by Crippen LogP contribution is -2.18. The van der Waals surface area contributed by atoms with Crippen LogP contribution in [0.4, 0.5) is 21.7 Å². The number of hydrogen-bond donors (Lipinski definition) is 2. The molecule has 1 saturated heterocycles. The number of carbonyl (C=O) groups excluding carboxylic acids is 1. The predicted octanol–water partition coefficient (Wildman–Crippen LogP) is 4.08. The van der Waals surface area contributed by atoms with Gasteiger partial charge in [-0.05, 0) is 49.2 Å². The van der Waals surface area contributed by atoms with Crippen molar-refractivity contribution in [2.75, 3.05) is 28.6 Å². The van der Waals surface area contributed by atoms with Gasteiger partial charge in [-0.1, -0.05) is 18.2 Å². The van der Waals surface area contributed by atoms with E-state index < -0.39 is 0 Å². The summed E-state index contributed by atoms with van der Waals surface area (Å²) < 4.78 is 13.7. The largest absolute Gasteiger partial charge is 0.372 e. The van der Waals surface area contributed by atoms with E-state index in [1.54, 1.807) is 24.3 Å². The Morgan fingerprint density at radius 1 is 1.03 bits per heavy atom. The molecule has 1 fully saturated rings. The Balaban J connectivity index is 1.38. The quantitative estimate of drug-likeness (QED) is 0.663. The van der Waals surface area contributed by atoms with Crippen molar-refractivity contribution >= 4 is 23.2 Å². The SMILES string of the molecule is O=C(Nc1ccc(N2CCCC2)cc1)c1ccnc(NCc2ccccc2F)n1. The first-order valence-corrected chi connectivity index (χ1v) is 9.66. The predicted molar refractivity (Wildman–Crippen MR) is 112 cm³/mol. The van der Waals surface area contributed by atoms with Crippen molar-refractivity contribution in [3.05, 3.63) is 77.9 Å². The molecule has 0 aliphatic carbocycles. The van der Waals surface area contributed by atoms with Gasteiger partial charge in [0.2, 0.25) is 5.95 Å². The molecule has 1 aliphatic rings. The van der Waals surface area contributed by atoms with Gasteiger partial charge in [0.1, 0.15) is 11.5 Å². The number of amides is 1. The summed E-state index contributed by atoms with van der Waals surface area (Å²) in [4.78, 5) is 23.2. The van der Waals surface area contributed by atoms with Gasteiger partial charge in [0, 0.05) is 42.8 Å². The Bertz CT molecular complexity index is 987. The molecule has 4 rings (SSSR count). The van der Waals surface area contributed by atoms with Crippen LogP contribution in [0.2, 0.25) is 0 Å². The number of halogens is 1. The molecule has 0 atom stereocenters. The molecule has 2 heterocycles. The lowest BCUT2D eigenvalue weighted by Gasteiger charge is -2.17. The Kier molecular flexibility index (Phi) is 5.65. The van der Waals surface area contributed by atoms with Crippen LogP contribution >= 0.6 is 0 Å². The van der Waals surface area contributed by atoms with Crippen LogP contribution in [0.5, 0.6) is 0 Å². The minimum Gasteiger partial charge on any atom is -0.372 e. The van der Waals surface area contributed by atoms with E-state index in [1.165, 1.54) is 30.8 Å². The Morgan fingerprint density at radius 3 is 2.55 bits per heavy atom. The minimum atomic E-state index is -0.324. The topological polar surface area (TPSA) is 70.2 Å². The third kappa shape index (κ3) is 4.68. The lowest BCUT2D eigenvalue weighted by molar-refractivity contribution is 0.102. The molecule has 3 aromatic rings. The minimum absolute atomic E-state index is 0.232. The van der Waals surface area contributed by atoms with E-state index in [0.29, 0.717) is 11.3 Å². The molecule has 0 spiro atoms. The van der Waals surface area contributed by atoms with Crippen LogP contribution in [0.15, 0.2) is 60.8 Å². The number of carbonyl (C=O) groups is 1. The third-order valence-electron chi connectivity index (χ3n) is 4.88. The molecule has 2 aromatic carbocycles. The second kappa shape index (κ2) is 8.68. The van der Waals surface area contributed by atoms with Gasteiger partial charge in [0.05, 0.1) is 0 Å². The number of benzene rings is 2. The third-order valence-corrected chi connectivity index (χ3v) is 4.88. The molecule has 0 unspecified atom stereocenters. The molecule has 0 radical (unpaired) electrons. The number of nitrogens with zero attached hydrogens (tertiary/aromatic N) is 3. The molecular formula is C22H22FN5O. The Hall–Kier alpha value is -3.48. The maximum atomic E-state index is 13.7. The van der Waals surface area contributed by atoms with Crippen molar-refractivity contribution in [2.45, 2.75) is 19.4 Å². The molecule has 0 saturated carbocycles. The fraction of sp³-hybridized carbons (Fsp3) is 0.227. The molecule has 7 heteroatoms. The average Bonchev–Trinajstić information content (AvgIpc) is 3.29. The van der Waals surface area contributed by atoms with E-state index in [2.05, 4.69) is 25.5 Å². The van der Waals surface area contributed by atoms with Crippen molar-refractivity contribution in [3.8, 4) is 0 Å². The molecule has 1 amide bonds. The highest BCUT2D eigenvalue weighted by Gasteiger charge is 2.13. The highest BCUT2D eigenvalue weighted by molar-refractivity contribution is 6.03. The average molecular weight is 391 g/mol. The molecular weight excluding hydrogens is 369 g/mol. The van der Waals surface area contributed by atoms with Crippen LogP contribution in [0.25, 0.3) is 0 Å². The zero-order valence-electron chi connectivity index (χ0n) is 15.9. The van der Waals surface area contributed by atoms with E-state index in [9.17, 15) is 9.18 Å². The highest BCUT2D eigenvalue weighted by atomic mass is 19.1. The maximum absolute atomic E-state index is 13.7. The van der Waals surface area contributed by atoms with Gasteiger partial charge in [0.15, 0.2) is 0 Å². The molecule has 148 valence electrons. The zero-order valence-corrected chi connectivity index (χ0v) is 15.9. The number of aromatic nitrogens is 2. The van der Waals surface area contributed by atoms with Crippen LogP contribution in [-0.2, 0) is 6.54 Å². The van der Waals surface area contributed by atoms with Gasteiger partial charge in [-0.15, -0.1) is 0 Å². The zero-order chi connectivity index (χ0) is 20.1. The summed E-state index contributed by atoms with van der Waals surface area (Å²) in [5, 5.41) is 5.80. The smallest absolute Gasteiger partial charge is 0.274 e. The fourth-order valence-electron chi connectivity index (χ4n) is 3.31. The second-order valence-electron chi connectivity index (χ2n) is 6.91. The van der Waals surface area contributed by atoms with Gasteiger partial charge in [-0.3, -0.25) is 4.79 Å². The Labute approximate surface area is 168 Å². The summed E-state index contributed by atoms with van der Waals surface area (Å²) in [7, 11) is 0. The summed E-state index contributed by atoms with van der Waals surface area (Å²) in [6.07, 6.45) is 3.95. The van der Waals surface area contributed by atoms with E-state index in [4.69, 9.17) is 0 Å². The summed E-state index contributed by atoms with van der Waals surface area (Å²) in [5.41, 5.74) is 2.61. The first-order chi connectivity index (χ1) is 14.2. The van der Waals surface area contributed by atoms with Crippen LogP contribution in [0.3, 0.4) is 0 Å². The van der Waals surface area contributed by atoms with Crippen molar-refractivity contribution < 1.29 is 9.18 Å². The number of nitrogens with one attached hydrogen (secondary N) is 2. The molecule has 0 bridgehead atoms. The van der Waals surface area contributed by atoms with Crippen molar-refractivity contribution in [2.24, 2.45) is 0 Å². The standard InChI is InChI=1S/C22H22FN5O/c23-19-6-2-1-5-16(19)15-25-22-24-12-11-20(27-22)21(29)26-17-7-9-18(10-8-17)28-13-3-4-14-28/h1-2,5-12H,3-4,13-15H2,(H,26,29)(H,24,25,27). The maximum Gasteiger partial charge on any atom is 0.274 e. The van der Waals surface area contributed by atoms with E-state index in [1.807, 2.05) is 24.3 Å². The summed E-state index contributed by atoms with van der Waals surface area (Å²) in [6.45, 7) is 2.39. The number of rotatable bonds is 6. The summed E-state index contributed by atoms with van der Waals surface area (Å²) >= 11 is 0. The highest BCUT2D eigenvalue weighted by Crippen LogP contribution is 2.22. The van der Waals surface area contributed by atoms with Gasteiger partial charge in [-0.25, -0.2) is 14.4 Å². The van der Waals surface area contributed by atoms with E-state index in [0.717, 1.165) is 13.1 Å². The monoisotopic (exact) mass is 391 g/mol. The van der Waals surface area contributed by atoms with Gasteiger partial charge >= 0.3 is 0 Å². The van der Waals surface area contributed by atoms with E-state index in [-0.39, 0.29) is 29.9 Å². The van der Waals surface area contributed by atoms with Crippen molar-refractivity contribution in [1.29, 1.82) is 0 Å². The normalized spacial score (nSPS) is 13.3. The van der Waals surface area contributed by atoms with Crippen LogP contribution in [0, 0.1) is 5.82 Å². The number of anilines is 3. The Morgan fingerprint density at radius 2 is 1.79 bits per heavy atom. The molecule has 6 nitrogen and oxygen atoms in total. The van der Waals surface area contributed by atoms with Crippen molar-refractivity contribution in [1.82, 2.24) is 9.97 Å². The van der Waals surface area contributed by atoms with E-state index >= 15 is 0 Å². The summed E-state index contributed by atoms with van der Waals surface area (Å²) in [6, 6.07) is 15.8.